The minimum atomic E-state index is -1.06. The second kappa shape index (κ2) is 6.35. The second-order valence-corrected chi connectivity index (χ2v) is 6.52. The van der Waals surface area contributed by atoms with Crippen molar-refractivity contribution in [1.29, 1.82) is 0 Å². The molecule has 0 radical (unpaired) electrons. The van der Waals surface area contributed by atoms with Crippen LogP contribution >= 0.6 is 0 Å². The Kier molecular flexibility index (Phi) is 4.43. The molecule has 1 aliphatic carbocycles. The summed E-state index contributed by atoms with van der Waals surface area (Å²) < 4.78 is 5.43. The Bertz CT molecular complexity index is 477. The summed E-state index contributed by atoms with van der Waals surface area (Å²) >= 11 is 0. The highest BCUT2D eigenvalue weighted by Gasteiger charge is 2.41. The first-order valence-electron chi connectivity index (χ1n) is 8.15. The molecule has 2 atom stereocenters. The molecule has 0 aromatic heterocycles. The minimum Gasteiger partial charge on any atom is -0.480 e. The van der Waals surface area contributed by atoms with Crippen LogP contribution in [0.2, 0.25) is 0 Å². The topological polar surface area (TPSA) is 90.4 Å². The van der Waals surface area contributed by atoms with Crippen molar-refractivity contribution in [3.63, 3.8) is 0 Å². The molecule has 1 N–H and O–H groups in total. The van der Waals surface area contributed by atoms with E-state index in [1.54, 1.807) is 4.90 Å². The van der Waals surface area contributed by atoms with E-state index in [1.807, 2.05) is 0 Å². The molecule has 0 unspecified atom stereocenters. The van der Waals surface area contributed by atoms with Gasteiger partial charge in [-0.05, 0) is 12.8 Å². The Morgan fingerprint density at radius 3 is 2.22 bits per heavy atom. The molecule has 3 aliphatic rings. The maximum absolute atomic E-state index is 12.2. The average molecular weight is 325 g/mol. The number of piperazine rings is 1. The molecule has 1 saturated carbocycles. The van der Waals surface area contributed by atoms with Crippen LogP contribution in [-0.2, 0) is 14.3 Å². The van der Waals surface area contributed by atoms with Crippen LogP contribution in [-0.4, -0.2) is 88.7 Å². The van der Waals surface area contributed by atoms with Gasteiger partial charge in [0.2, 0.25) is 5.91 Å². The zero-order chi connectivity index (χ0) is 16.6. The third-order valence-corrected chi connectivity index (χ3v) is 4.86. The molecule has 23 heavy (non-hydrogen) atoms. The van der Waals surface area contributed by atoms with E-state index in [1.165, 1.54) is 24.7 Å². The van der Waals surface area contributed by atoms with Gasteiger partial charge in [-0.15, -0.1) is 0 Å². The fourth-order valence-corrected chi connectivity index (χ4v) is 3.39. The summed E-state index contributed by atoms with van der Waals surface area (Å²) in [5, 5.41) is 9.17. The van der Waals surface area contributed by atoms with E-state index in [-0.39, 0.29) is 18.9 Å². The van der Waals surface area contributed by atoms with E-state index in [9.17, 15) is 14.4 Å². The summed E-state index contributed by atoms with van der Waals surface area (Å²) in [4.78, 5) is 40.3. The molecule has 2 aliphatic heterocycles. The lowest BCUT2D eigenvalue weighted by atomic mass is 10.2. The maximum atomic E-state index is 12.2. The van der Waals surface area contributed by atoms with Gasteiger partial charge in [0.25, 0.3) is 0 Å². The van der Waals surface area contributed by atoms with Gasteiger partial charge in [0.05, 0.1) is 6.54 Å². The number of carbonyl (C=O) groups is 3. The third-order valence-electron chi connectivity index (χ3n) is 4.86. The highest BCUT2D eigenvalue weighted by atomic mass is 16.6. The number of likely N-dealkylation sites (tertiary alicyclic amines) is 1. The molecule has 3 rings (SSSR count). The van der Waals surface area contributed by atoms with Crippen LogP contribution in [0.15, 0.2) is 0 Å². The number of rotatable bonds is 3. The van der Waals surface area contributed by atoms with Crippen LogP contribution in [0.3, 0.4) is 0 Å². The molecular formula is C15H23N3O5. The predicted molar refractivity (Wildman–Crippen MR) is 79.9 cm³/mol. The molecule has 3 fully saturated rings. The van der Waals surface area contributed by atoms with Crippen LogP contribution < -0.4 is 0 Å². The molecule has 2 amide bonds. The van der Waals surface area contributed by atoms with E-state index < -0.39 is 24.2 Å². The number of hydrogen-bond donors (Lipinski definition) is 1. The lowest BCUT2D eigenvalue weighted by Crippen LogP contribution is -2.50. The number of amides is 2. The maximum Gasteiger partial charge on any atom is 0.410 e. The highest BCUT2D eigenvalue weighted by Crippen LogP contribution is 2.28. The number of nitrogens with zero attached hydrogens (tertiary/aromatic N) is 3. The number of carboxylic acid groups (broad SMARTS) is 1. The van der Waals surface area contributed by atoms with Crippen LogP contribution in [0.5, 0.6) is 0 Å². The molecule has 8 nitrogen and oxygen atoms in total. The standard InChI is InChI=1S/C15H23N3O5/c1-10(19)18-9-12(8-13(18)14(20)21)23-15(22)17-6-4-16(5-7-17)11-2-3-11/h11-13H,2-9H2,1H3,(H,20,21)/t12-,13+/m1/s1. The predicted octanol–water partition coefficient (Wildman–Crippen LogP) is -0.0230. The van der Waals surface area contributed by atoms with Crippen molar-refractivity contribution < 1.29 is 24.2 Å². The van der Waals surface area contributed by atoms with Gasteiger partial charge in [0, 0.05) is 45.6 Å². The normalized spacial score (nSPS) is 28.7. The lowest BCUT2D eigenvalue weighted by molar-refractivity contribution is -0.147. The van der Waals surface area contributed by atoms with Crippen molar-refractivity contribution in [3.05, 3.63) is 0 Å². The zero-order valence-corrected chi connectivity index (χ0v) is 13.3. The fourth-order valence-electron chi connectivity index (χ4n) is 3.39. The Balaban J connectivity index is 1.50. The van der Waals surface area contributed by atoms with Crippen molar-refractivity contribution in [3.8, 4) is 0 Å². The van der Waals surface area contributed by atoms with E-state index >= 15 is 0 Å². The van der Waals surface area contributed by atoms with E-state index in [0.29, 0.717) is 19.1 Å². The number of hydrogen-bond acceptors (Lipinski definition) is 5. The van der Waals surface area contributed by atoms with Crippen LogP contribution in [0, 0.1) is 0 Å². The summed E-state index contributed by atoms with van der Waals surface area (Å²) in [6, 6.07) is -0.208. The number of ether oxygens (including phenoxy) is 1. The monoisotopic (exact) mass is 325 g/mol. The van der Waals surface area contributed by atoms with E-state index in [4.69, 9.17) is 9.84 Å². The van der Waals surface area contributed by atoms with E-state index in [0.717, 1.165) is 13.1 Å². The molecule has 2 saturated heterocycles. The molecule has 8 heteroatoms. The molecule has 128 valence electrons. The largest absolute Gasteiger partial charge is 0.480 e. The quantitative estimate of drug-likeness (QED) is 0.784. The van der Waals surface area contributed by atoms with Gasteiger partial charge < -0.3 is 19.6 Å². The summed E-state index contributed by atoms with van der Waals surface area (Å²) in [5.41, 5.74) is 0. The SMILES string of the molecule is CC(=O)N1C[C@H](OC(=O)N2CCN(C3CC3)CC2)C[C@H]1C(=O)O. The molecule has 2 heterocycles. The van der Waals surface area contributed by atoms with E-state index in [2.05, 4.69) is 4.90 Å². The highest BCUT2D eigenvalue weighted by molar-refractivity contribution is 5.83. The number of carboxylic acids is 1. The smallest absolute Gasteiger partial charge is 0.410 e. The van der Waals surface area contributed by atoms with Gasteiger partial charge in [-0.2, -0.15) is 0 Å². The van der Waals surface area contributed by atoms with Crippen molar-refractivity contribution in [2.45, 2.75) is 44.4 Å². The molecule has 0 spiro atoms. The Morgan fingerprint density at radius 1 is 1.09 bits per heavy atom. The first kappa shape index (κ1) is 16.0. The van der Waals surface area contributed by atoms with Gasteiger partial charge in [-0.1, -0.05) is 0 Å². The second-order valence-electron chi connectivity index (χ2n) is 6.52. The van der Waals surface area contributed by atoms with Crippen molar-refractivity contribution in [2.24, 2.45) is 0 Å². The van der Waals surface area contributed by atoms with Crippen molar-refractivity contribution in [1.82, 2.24) is 14.7 Å². The summed E-state index contributed by atoms with van der Waals surface area (Å²) in [5.74, 6) is -1.37. The summed E-state index contributed by atoms with van der Waals surface area (Å²) in [7, 11) is 0. The third kappa shape index (κ3) is 3.57. The Hall–Kier alpha value is -1.83. The summed E-state index contributed by atoms with van der Waals surface area (Å²) in [6.45, 7) is 4.49. The van der Waals surface area contributed by atoms with Gasteiger partial charge in [-0.25, -0.2) is 9.59 Å². The zero-order valence-electron chi connectivity index (χ0n) is 13.3. The number of carbonyl (C=O) groups excluding carboxylic acids is 2. The van der Waals surface area contributed by atoms with Crippen LogP contribution in [0.4, 0.5) is 4.79 Å². The van der Waals surface area contributed by atoms with Crippen LogP contribution in [0.1, 0.15) is 26.2 Å². The van der Waals surface area contributed by atoms with Crippen LogP contribution in [0.25, 0.3) is 0 Å². The van der Waals surface area contributed by atoms with Gasteiger partial charge in [-0.3, -0.25) is 9.69 Å². The summed E-state index contributed by atoms with van der Waals surface area (Å²) in [6.07, 6.45) is 1.71. The van der Waals surface area contributed by atoms with Crippen molar-refractivity contribution >= 4 is 18.0 Å². The molecule has 0 aromatic rings. The van der Waals surface area contributed by atoms with Gasteiger partial charge in [0.1, 0.15) is 12.1 Å². The fraction of sp³-hybridized carbons (Fsp3) is 0.800. The molecule has 0 aromatic carbocycles. The Labute approximate surface area is 135 Å². The average Bonchev–Trinajstić information content (AvgIpc) is 3.27. The van der Waals surface area contributed by atoms with Gasteiger partial charge in [0.15, 0.2) is 0 Å². The Morgan fingerprint density at radius 2 is 1.74 bits per heavy atom. The van der Waals surface area contributed by atoms with Crippen molar-refractivity contribution in [2.75, 3.05) is 32.7 Å². The minimum absolute atomic E-state index is 0.153. The molecule has 0 bridgehead atoms. The number of aliphatic carboxylic acids is 1. The van der Waals surface area contributed by atoms with Gasteiger partial charge >= 0.3 is 12.1 Å². The lowest BCUT2D eigenvalue weighted by Gasteiger charge is -2.34. The molecular weight excluding hydrogens is 302 g/mol. The first-order valence-corrected chi connectivity index (χ1v) is 8.15. The first-order chi connectivity index (χ1) is 11.0.